The zero-order valence-corrected chi connectivity index (χ0v) is 10.8. The molecule has 2 rings (SSSR count). The molecule has 0 amide bonds. The Bertz CT molecular complexity index is 456. The van der Waals surface area contributed by atoms with Crippen LogP contribution in [0.3, 0.4) is 0 Å². The molecule has 0 aliphatic carbocycles. The van der Waals surface area contributed by atoms with Crippen LogP contribution in [0.4, 0.5) is 0 Å². The van der Waals surface area contributed by atoms with Crippen molar-refractivity contribution in [2.24, 2.45) is 0 Å². The highest BCUT2D eigenvalue weighted by Crippen LogP contribution is 2.28. The first kappa shape index (κ1) is 12.6. The van der Waals surface area contributed by atoms with Crippen molar-refractivity contribution in [3.63, 3.8) is 0 Å². The van der Waals surface area contributed by atoms with E-state index in [0.717, 1.165) is 30.2 Å². The van der Waals surface area contributed by atoms with Gasteiger partial charge in [-0.05, 0) is 13.5 Å². The number of aromatic nitrogens is 5. The number of methoxy groups -OCH3 is 1. The number of aryl methyl sites for hydroxylation is 1. The molecule has 18 heavy (non-hydrogen) atoms. The molecule has 0 radical (unpaired) electrons. The van der Waals surface area contributed by atoms with Gasteiger partial charge in [-0.3, -0.25) is 4.68 Å². The summed E-state index contributed by atoms with van der Waals surface area (Å²) >= 11 is 0. The minimum Gasteiger partial charge on any atom is -0.493 e. The maximum atomic E-state index is 5.37. The van der Waals surface area contributed by atoms with E-state index in [4.69, 9.17) is 4.74 Å². The van der Waals surface area contributed by atoms with Gasteiger partial charge in [0.05, 0.1) is 25.5 Å². The Morgan fingerprint density at radius 1 is 1.44 bits per heavy atom. The summed E-state index contributed by atoms with van der Waals surface area (Å²) in [4.78, 5) is 0. The van der Waals surface area contributed by atoms with Crippen LogP contribution in [-0.2, 0) is 6.54 Å². The van der Waals surface area contributed by atoms with Crippen molar-refractivity contribution in [1.82, 2.24) is 30.5 Å². The summed E-state index contributed by atoms with van der Waals surface area (Å²) < 4.78 is 7.28. The van der Waals surface area contributed by atoms with E-state index in [-0.39, 0.29) is 6.04 Å². The third kappa shape index (κ3) is 2.21. The van der Waals surface area contributed by atoms with Gasteiger partial charge < -0.3 is 10.1 Å². The lowest BCUT2D eigenvalue weighted by atomic mass is 10.1. The summed E-state index contributed by atoms with van der Waals surface area (Å²) in [5.74, 6) is 0.755. The second-order valence-corrected chi connectivity index (χ2v) is 3.80. The zero-order valence-electron chi connectivity index (χ0n) is 10.8. The van der Waals surface area contributed by atoms with Crippen molar-refractivity contribution >= 4 is 0 Å². The first-order valence-corrected chi connectivity index (χ1v) is 6.00. The van der Waals surface area contributed by atoms with Gasteiger partial charge in [0, 0.05) is 6.54 Å². The quantitative estimate of drug-likeness (QED) is 0.790. The molecule has 98 valence electrons. The lowest BCUT2D eigenvalue weighted by Gasteiger charge is -2.17. The van der Waals surface area contributed by atoms with Crippen molar-refractivity contribution < 1.29 is 4.74 Å². The van der Waals surface area contributed by atoms with Crippen LogP contribution in [-0.4, -0.2) is 38.8 Å². The number of aromatic amines is 1. The first-order chi connectivity index (χ1) is 8.81. The Morgan fingerprint density at radius 2 is 2.28 bits per heavy atom. The smallest absolute Gasteiger partial charge is 0.161 e. The van der Waals surface area contributed by atoms with Crippen LogP contribution in [0.5, 0.6) is 5.75 Å². The van der Waals surface area contributed by atoms with E-state index in [0.29, 0.717) is 0 Å². The number of nitrogens with zero attached hydrogens (tertiary/aromatic N) is 4. The largest absolute Gasteiger partial charge is 0.493 e. The Labute approximate surface area is 106 Å². The van der Waals surface area contributed by atoms with Crippen LogP contribution in [0.1, 0.15) is 31.3 Å². The van der Waals surface area contributed by atoms with Gasteiger partial charge in [-0.25, -0.2) is 0 Å². The zero-order chi connectivity index (χ0) is 13.0. The predicted octanol–water partition coefficient (Wildman–Crippen LogP) is 0.729. The summed E-state index contributed by atoms with van der Waals surface area (Å²) in [6.07, 6.45) is 3.43. The summed E-state index contributed by atoms with van der Waals surface area (Å²) in [5, 5.41) is 18.3. The number of ether oxygens (including phenoxy) is 1. The predicted molar refractivity (Wildman–Crippen MR) is 66.4 cm³/mol. The van der Waals surface area contributed by atoms with E-state index in [2.05, 4.69) is 25.8 Å². The molecule has 2 aromatic rings. The second kappa shape index (κ2) is 5.63. The maximum absolute atomic E-state index is 5.37. The lowest BCUT2D eigenvalue weighted by molar-refractivity contribution is 0.398. The van der Waals surface area contributed by atoms with Crippen LogP contribution < -0.4 is 10.1 Å². The summed E-state index contributed by atoms with van der Waals surface area (Å²) in [7, 11) is 1.65. The highest BCUT2D eigenvalue weighted by molar-refractivity contribution is 5.33. The molecule has 0 spiro atoms. The molecule has 0 bridgehead atoms. The molecule has 2 N–H and O–H groups in total. The van der Waals surface area contributed by atoms with Crippen LogP contribution in [0.15, 0.2) is 12.4 Å². The first-order valence-electron chi connectivity index (χ1n) is 6.00. The number of hydrogen-bond donors (Lipinski definition) is 2. The topological polar surface area (TPSA) is 80.7 Å². The Morgan fingerprint density at radius 3 is 2.83 bits per heavy atom. The van der Waals surface area contributed by atoms with Crippen LogP contribution in [0.25, 0.3) is 0 Å². The standard InChI is InChI=1S/C11H18N6O/c1-4-12-10(8-6-13-16-15-8)11-9(18-3)7-14-17(11)5-2/h6-7,10,12H,4-5H2,1-3H3,(H,13,15,16). The van der Waals surface area contributed by atoms with Gasteiger partial charge in [-0.2, -0.15) is 20.5 Å². The van der Waals surface area contributed by atoms with Gasteiger partial charge in [-0.15, -0.1) is 0 Å². The van der Waals surface area contributed by atoms with E-state index in [1.165, 1.54) is 0 Å². The summed E-state index contributed by atoms with van der Waals surface area (Å²) in [6.45, 7) is 5.68. The highest BCUT2D eigenvalue weighted by Gasteiger charge is 2.24. The number of rotatable bonds is 6. The van der Waals surface area contributed by atoms with Gasteiger partial charge in [0.2, 0.25) is 0 Å². The minimum atomic E-state index is -0.0776. The van der Waals surface area contributed by atoms with Gasteiger partial charge >= 0.3 is 0 Å². The van der Waals surface area contributed by atoms with Crippen molar-refractivity contribution in [3.8, 4) is 5.75 Å². The molecule has 7 nitrogen and oxygen atoms in total. The molecular formula is C11H18N6O. The maximum Gasteiger partial charge on any atom is 0.161 e. The van der Waals surface area contributed by atoms with Crippen LogP contribution >= 0.6 is 0 Å². The van der Waals surface area contributed by atoms with E-state index in [1.807, 2.05) is 18.5 Å². The molecule has 0 fully saturated rings. The molecule has 0 saturated carbocycles. The number of hydrogen-bond acceptors (Lipinski definition) is 5. The molecule has 0 saturated heterocycles. The number of H-pyrrole nitrogens is 1. The van der Waals surface area contributed by atoms with Crippen molar-refractivity contribution in [2.75, 3.05) is 13.7 Å². The average molecular weight is 250 g/mol. The Balaban J connectivity index is 2.44. The third-order valence-electron chi connectivity index (χ3n) is 2.78. The fourth-order valence-corrected chi connectivity index (χ4v) is 1.97. The molecule has 7 heteroatoms. The SMILES string of the molecule is CCNC(c1cn[nH]n1)c1c(OC)cnn1CC. The van der Waals surface area contributed by atoms with Crippen molar-refractivity contribution in [2.45, 2.75) is 26.4 Å². The Hall–Kier alpha value is -1.89. The van der Waals surface area contributed by atoms with E-state index in [9.17, 15) is 0 Å². The lowest BCUT2D eigenvalue weighted by Crippen LogP contribution is -2.25. The molecule has 1 atom stereocenters. The average Bonchev–Trinajstić information content (AvgIpc) is 3.04. The fraction of sp³-hybridized carbons (Fsp3) is 0.545. The highest BCUT2D eigenvalue weighted by atomic mass is 16.5. The van der Waals surface area contributed by atoms with Gasteiger partial charge in [0.25, 0.3) is 0 Å². The monoisotopic (exact) mass is 250 g/mol. The summed E-state index contributed by atoms with van der Waals surface area (Å²) in [6, 6.07) is -0.0776. The fourth-order valence-electron chi connectivity index (χ4n) is 1.97. The van der Waals surface area contributed by atoms with E-state index < -0.39 is 0 Å². The molecule has 0 aromatic carbocycles. The normalized spacial score (nSPS) is 12.6. The second-order valence-electron chi connectivity index (χ2n) is 3.80. The molecule has 0 aliphatic rings. The molecule has 2 aromatic heterocycles. The molecule has 0 aliphatic heterocycles. The minimum absolute atomic E-state index is 0.0776. The van der Waals surface area contributed by atoms with Crippen molar-refractivity contribution in [1.29, 1.82) is 0 Å². The van der Waals surface area contributed by atoms with Crippen LogP contribution in [0.2, 0.25) is 0 Å². The molecule has 2 heterocycles. The van der Waals surface area contributed by atoms with Gasteiger partial charge in [0.15, 0.2) is 5.75 Å². The molecule has 1 unspecified atom stereocenters. The van der Waals surface area contributed by atoms with Gasteiger partial charge in [-0.1, -0.05) is 6.92 Å². The summed E-state index contributed by atoms with van der Waals surface area (Å²) in [5.41, 5.74) is 1.79. The third-order valence-corrected chi connectivity index (χ3v) is 2.78. The van der Waals surface area contributed by atoms with Gasteiger partial charge in [0.1, 0.15) is 11.4 Å². The Kier molecular flexibility index (Phi) is 3.93. The van der Waals surface area contributed by atoms with E-state index >= 15 is 0 Å². The van der Waals surface area contributed by atoms with Crippen molar-refractivity contribution in [3.05, 3.63) is 23.8 Å². The van der Waals surface area contributed by atoms with Crippen LogP contribution in [0, 0.1) is 0 Å². The molecular weight excluding hydrogens is 232 g/mol. The number of nitrogens with one attached hydrogen (secondary N) is 2. The van der Waals surface area contributed by atoms with E-state index in [1.54, 1.807) is 19.5 Å².